The summed E-state index contributed by atoms with van der Waals surface area (Å²) in [5, 5.41) is 50.3. The summed E-state index contributed by atoms with van der Waals surface area (Å²) in [7, 11) is 0. The van der Waals surface area contributed by atoms with E-state index in [0.717, 1.165) is 44.9 Å². The number of aliphatic hydroxyl groups is 5. The molecule has 14 heteroatoms. The smallest absolute Gasteiger partial charge is 0.307 e. The minimum absolute atomic E-state index is 0.0355. The molecule has 0 saturated heterocycles. The molecule has 0 amide bonds. The zero-order valence-corrected chi connectivity index (χ0v) is 33.2. The van der Waals surface area contributed by atoms with Gasteiger partial charge in [0.25, 0.3) is 0 Å². The van der Waals surface area contributed by atoms with Gasteiger partial charge >= 0.3 is 11.9 Å². The second-order valence-corrected chi connectivity index (χ2v) is 18.0. The lowest BCUT2D eigenvalue weighted by atomic mass is 9.85. The summed E-state index contributed by atoms with van der Waals surface area (Å²) < 4.78 is 29.0. The SMILES string of the molecule is CCCCCCCCCCCCCC(=O)OC(C)C(OC(=O)CCCCCCCCCCCCC)SP(=O)([O-])OC1[C@H](O)[C@H](O)C(O)[C@H](O)[C@H]1O. The highest BCUT2D eigenvalue weighted by molar-refractivity contribution is 8.54. The van der Waals surface area contributed by atoms with Gasteiger partial charge in [-0.1, -0.05) is 142 Å². The predicted octanol–water partition coefficient (Wildman–Crippen LogP) is 6.59. The lowest BCUT2D eigenvalue weighted by Crippen LogP contribution is -2.64. The second-order valence-electron chi connectivity index (χ2n) is 14.2. The van der Waals surface area contributed by atoms with Crippen LogP contribution in [0.3, 0.4) is 0 Å². The number of carbonyl (C=O) groups is 2. The van der Waals surface area contributed by atoms with Gasteiger partial charge in [-0.2, -0.15) is 0 Å². The molecule has 0 aliphatic heterocycles. The van der Waals surface area contributed by atoms with Gasteiger partial charge < -0.3 is 44.4 Å². The Hall–Kier alpha value is -0.760. The summed E-state index contributed by atoms with van der Waals surface area (Å²) in [5.74, 6) is -1.24. The van der Waals surface area contributed by atoms with Crippen LogP contribution in [-0.4, -0.2) is 85.6 Å². The first-order valence-electron chi connectivity index (χ1n) is 19.8. The monoisotopic (exact) mass is 769 g/mol. The molecule has 0 aromatic rings. The molecule has 1 rings (SSSR count). The predicted molar refractivity (Wildman–Crippen MR) is 198 cm³/mol. The van der Waals surface area contributed by atoms with Crippen molar-refractivity contribution in [1.82, 2.24) is 0 Å². The molecule has 0 bridgehead atoms. The fraction of sp³-hybridized carbons (Fsp3) is 0.946. The molecule has 5 unspecified atom stereocenters. The van der Waals surface area contributed by atoms with Crippen molar-refractivity contribution in [3.63, 3.8) is 0 Å². The summed E-state index contributed by atoms with van der Waals surface area (Å²) in [6, 6.07) is 0. The second kappa shape index (κ2) is 28.7. The van der Waals surface area contributed by atoms with Crippen LogP contribution in [0.25, 0.3) is 0 Å². The molecule has 51 heavy (non-hydrogen) atoms. The summed E-state index contributed by atoms with van der Waals surface area (Å²) in [6.07, 6.45) is 11.3. The standard InChI is InChI=1S/C37H71O12PS/c1-4-6-8-10-12-14-16-18-20-22-24-26-29(38)47-28(3)37(48-30(39)27-25-23-21-19-17-15-13-11-9-7-5-2)51-50(45,46)49-36-34(43)32(41)31(40)33(42)35(36)44/h28,31-37,40-44H,4-27H2,1-3H3,(H,45,46)/p-1/t28?,31?,32-,33+,34-,35-,36?,37?/m1/s1. The van der Waals surface area contributed by atoms with Crippen molar-refractivity contribution in [2.24, 2.45) is 0 Å². The zero-order chi connectivity index (χ0) is 38.1. The number of hydrogen-bond donors (Lipinski definition) is 5. The van der Waals surface area contributed by atoms with Crippen molar-refractivity contribution in [3.8, 4) is 0 Å². The van der Waals surface area contributed by atoms with Crippen LogP contribution in [0, 0.1) is 0 Å². The quantitative estimate of drug-likeness (QED) is 0.0219. The number of aliphatic hydroxyl groups excluding tert-OH is 5. The van der Waals surface area contributed by atoms with Gasteiger partial charge in [0.1, 0.15) is 42.7 Å². The maximum atomic E-state index is 13.1. The lowest BCUT2D eigenvalue weighted by molar-refractivity contribution is -0.240. The van der Waals surface area contributed by atoms with Gasteiger partial charge in [-0.15, -0.1) is 0 Å². The highest BCUT2D eigenvalue weighted by Gasteiger charge is 2.50. The van der Waals surface area contributed by atoms with Crippen molar-refractivity contribution in [2.45, 2.75) is 223 Å². The Kier molecular flexibility index (Phi) is 27.1. The van der Waals surface area contributed by atoms with Crippen molar-refractivity contribution >= 4 is 30.1 Å². The first-order valence-corrected chi connectivity index (χ1v) is 22.8. The van der Waals surface area contributed by atoms with Crippen LogP contribution in [0.5, 0.6) is 0 Å². The van der Waals surface area contributed by atoms with Crippen LogP contribution in [0.4, 0.5) is 0 Å². The van der Waals surface area contributed by atoms with E-state index < -0.39 is 66.9 Å². The van der Waals surface area contributed by atoms with Gasteiger partial charge in [-0.25, -0.2) is 0 Å². The van der Waals surface area contributed by atoms with Crippen molar-refractivity contribution in [1.29, 1.82) is 0 Å². The van der Waals surface area contributed by atoms with Crippen LogP contribution in [0.15, 0.2) is 0 Å². The molecule has 0 radical (unpaired) electrons. The fourth-order valence-electron chi connectivity index (χ4n) is 6.20. The molecule has 1 fully saturated rings. The van der Waals surface area contributed by atoms with Gasteiger partial charge in [0.15, 0.2) is 12.2 Å². The van der Waals surface area contributed by atoms with E-state index in [2.05, 4.69) is 13.8 Å². The number of ether oxygens (including phenoxy) is 2. The molecule has 0 heterocycles. The molecular formula is C37H70O12PS-. The number of unbranched alkanes of at least 4 members (excludes halogenated alkanes) is 20. The van der Waals surface area contributed by atoms with Gasteiger partial charge in [-0.3, -0.25) is 14.2 Å². The number of esters is 2. The molecule has 1 saturated carbocycles. The third-order valence-electron chi connectivity index (χ3n) is 9.47. The topological polar surface area (TPSA) is 203 Å². The van der Waals surface area contributed by atoms with E-state index in [9.17, 15) is 44.6 Å². The van der Waals surface area contributed by atoms with E-state index >= 15 is 0 Å². The number of carbonyl (C=O) groups excluding carboxylic acids is 2. The Morgan fingerprint density at radius 2 is 0.882 bits per heavy atom. The Balaban J connectivity index is 2.65. The largest absolute Gasteiger partial charge is 0.770 e. The van der Waals surface area contributed by atoms with Crippen molar-refractivity contribution in [2.75, 3.05) is 0 Å². The number of rotatable bonds is 31. The van der Waals surface area contributed by atoms with Crippen LogP contribution in [-0.2, 0) is 28.2 Å². The van der Waals surface area contributed by atoms with Gasteiger partial charge in [0.2, 0.25) is 0 Å². The van der Waals surface area contributed by atoms with E-state index in [1.807, 2.05) is 0 Å². The van der Waals surface area contributed by atoms with Crippen molar-refractivity contribution in [3.05, 3.63) is 0 Å². The fourth-order valence-corrected chi connectivity index (χ4v) is 9.29. The number of hydrogen-bond acceptors (Lipinski definition) is 13. The Morgan fingerprint density at radius 3 is 1.25 bits per heavy atom. The Morgan fingerprint density at radius 1 is 0.569 bits per heavy atom. The van der Waals surface area contributed by atoms with Crippen LogP contribution in [0.2, 0.25) is 0 Å². The van der Waals surface area contributed by atoms with E-state index in [1.165, 1.54) is 90.4 Å². The van der Waals surface area contributed by atoms with Crippen LogP contribution in [0.1, 0.15) is 175 Å². The van der Waals surface area contributed by atoms with E-state index in [-0.39, 0.29) is 24.2 Å². The van der Waals surface area contributed by atoms with E-state index in [1.54, 1.807) is 0 Å². The lowest BCUT2D eigenvalue weighted by Gasteiger charge is -2.43. The summed E-state index contributed by atoms with van der Waals surface area (Å²) in [4.78, 5) is 38.6. The molecule has 0 spiro atoms. The van der Waals surface area contributed by atoms with E-state index in [0.29, 0.717) is 12.8 Å². The molecule has 302 valence electrons. The molecule has 0 aromatic heterocycles. The molecular weight excluding hydrogens is 699 g/mol. The first kappa shape index (κ1) is 48.3. The molecule has 12 nitrogen and oxygen atoms in total. The Bertz CT molecular complexity index is 943. The zero-order valence-electron chi connectivity index (χ0n) is 31.5. The molecule has 0 aromatic carbocycles. The third-order valence-corrected chi connectivity index (χ3v) is 12.6. The highest BCUT2D eigenvalue weighted by atomic mass is 32.7. The van der Waals surface area contributed by atoms with Crippen LogP contribution >= 0.6 is 18.2 Å². The summed E-state index contributed by atoms with van der Waals surface area (Å²) in [6.45, 7) is 0.657. The maximum Gasteiger partial charge on any atom is 0.307 e. The molecule has 1 aliphatic rings. The minimum atomic E-state index is -5.15. The van der Waals surface area contributed by atoms with Gasteiger partial charge in [0, 0.05) is 12.8 Å². The normalized spacial score (nSPS) is 24.5. The van der Waals surface area contributed by atoms with Crippen molar-refractivity contribution < 1.29 is 58.6 Å². The molecule has 1 aliphatic carbocycles. The van der Waals surface area contributed by atoms with Gasteiger partial charge in [-0.05, 0) is 31.1 Å². The molecule has 9 atom stereocenters. The van der Waals surface area contributed by atoms with E-state index in [4.69, 9.17) is 14.0 Å². The maximum absolute atomic E-state index is 13.1. The highest BCUT2D eigenvalue weighted by Crippen LogP contribution is 2.57. The average Bonchev–Trinajstić information content (AvgIpc) is 3.09. The Labute approximate surface area is 311 Å². The third kappa shape index (κ3) is 21.7. The summed E-state index contributed by atoms with van der Waals surface area (Å²) in [5.41, 5.74) is -1.53. The average molecular weight is 770 g/mol. The summed E-state index contributed by atoms with van der Waals surface area (Å²) >= 11 is 0.0411. The van der Waals surface area contributed by atoms with Gasteiger partial charge in [0.05, 0.1) is 0 Å². The first-order chi connectivity index (χ1) is 24.3. The minimum Gasteiger partial charge on any atom is -0.770 e. The molecule has 5 N–H and O–H groups in total. The van der Waals surface area contributed by atoms with Crippen LogP contribution < -0.4 is 4.89 Å².